The van der Waals surface area contributed by atoms with Gasteiger partial charge in [-0.25, -0.2) is 4.79 Å². The van der Waals surface area contributed by atoms with Gasteiger partial charge in [0.15, 0.2) is 6.23 Å². The van der Waals surface area contributed by atoms with Gasteiger partial charge in [0, 0.05) is 5.92 Å². The van der Waals surface area contributed by atoms with Gasteiger partial charge in [0.05, 0.1) is 5.56 Å². The molecule has 0 saturated carbocycles. The molecule has 1 aromatic carbocycles. The van der Waals surface area contributed by atoms with Gasteiger partial charge in [-0.2, -0.15) is 0 Å². The fourth-order valence-corrected chi connectivity index (χ4v) is 1.77. The molecule has 0 aliphatic heterocycles. The topological polar surface area (TPSA) is 38.3 Å². The number of nitrogens with one attached hydrogen (secondary N) is 1. The van der Waals surface area contributed by atoms with Gasteiger partial charge >= 0.3 is 5.97 Å². The number of hydrogen-bond donors (Lipinski definition) is 1. The normalized spacial score (nSPS) is 13.2. The van der Waals surface area contributed by atoms with E-state index in [4.69, 9.17) is 4.74 Å². The van der Waals surface area contributed by atoms with Crippen molar-refractivity contribution in [2.45, 2.75) is 33.4 Å². The molecule has 1 unspecified atom stereocenters. The van der Waals surface area contributed by atoms with E-state index >= 15 is 0 Å². The fourth-order valence-electron chi connectivity index (χ4n) is 1.77. The van der Waals surface area contributed by atoms with Gasteiger partial charge in [-0.05, 0) is 36.4 Å². The van der Waals surface area contributed by atoms with Crippen LogP contribution < -0.4 is 5.32 Å². The molecular weight excluding hydrogens is 274 g/mol. The number of carbonyl (C=O) groups excluding carboxylic acids is 1. The van der Waals surface area contributed by atoms with Crippen molar-refractivity contribution in [3.8, 4) is 0 Å². The van der Waals surface area contributed by atoms with E-state index in [0.717, 1.165) is 12.0 Å². The lowest BCUT2D eigenvalue weighted by Crippen LogP contribution is -2.35. The Morgan fingerprint density at radius 1 is 1.32 bits per heavy atom. The van der Waals surface area contributed by atoms with Gasteiger partial charge in [-0.15, -0.1) is 0 Å². The van der Waals surface area contributed by atoms with Crippen molar-refractivity contribution in [2.75, 3.05) is 0 Å². The molecule has 0 aromatic heterocycles. The molecule has 0 saturated heterocycles. The second-order valence-corrected chi connectivity index (χ2v) is 5.26. The number of rotatable bonds is 8. The summed E-state index contributed by atoms with van der Waals surface area (Å²) in [5.41, 5.74) is 1.71. The maximum Gasteiger partial charge on any atom is 0.340 e. The first-order valence-electron chi connectivity index (χ1n) is 7.58. The summed E-state index contributed by atoms with van der Waals surface area (Å²) in [6, 6.07) is 9.00. The minimum Gasteiger partial charge on any atom is -0.438 e. The van der Waals surface area contributed by atoms with Crippen LogP contribution in [0.2, 0.25) is 0 Å². The SMILES string of the molecule is C=C/C(=C\C=C/NC(OC(=O)c1ccccc1)C(C)C)CC. The Balaban J connectivity index is 2.63. The van der Waals surface area contributed by atoms with E-state index in [2.05, 4.69) is 18.8 Å². The van der Waals surface area contributed by atoms with Crippen LogP contribution in [0.15, 0.2) is 66.9 Å². The van der Waals surface area contributed by atoms with E-state index in [1.54, 1.807) is 18.3 Å². The van der Waals surface area contributed by atoms with Crippen LogP contribution >= 0.6 is 0 Å². The summed E-state index contributed by atoms with van der Waals surface area (Å²) >= 11 is 0. The Morgan fingerprint density at radius 3 is 2.55 bits per heavy atom. The summed E-state index contributed by atoms with van der Waals surface area (Å²) in [6.45, 7) is 9.83. The monoisotopic (exact) mass is 299 g/mol. The van der Waals surface area contributed by atoms with Crippen molar-refractivity contribution < 1.29 is 9.53 Å². The average Bonchev–Trinajstić information content (AvgIpc) is 2.54. The maximum absolute atomic E-state index is 12.1. The van der Waals surface area contributed by atoms with Gasteiger partial charge in [0.1, 0.15) is 0 Å². The number of hydrogen-bond acceptors (Lipinski definition) is 3. The van der Waals surface area contributed by atoms with Crippen molar-refractivity contribution in [1.29, 1.82) is 0 Å². The third kappa shape index (κ3) is 6.00. The van der Waals surface area contributed by atoms with Crippen molar-refractivity contribution in [3.05, 3.63) is 72.5 Å². The van der Waals surface area contributed by atoms with E-state index < -0.39 is 0 Å². The molecule has 1 atom stereocenters. The second-order valence-electron chi connectivity index (χ2n) is 5.26. The zero-order valence-corrected chi connectivity index (χ0v) is 13.6. The third-order valence-corrected chi connectivity index (χ3v) is 3.19. The molecule has 0 fully saturated rings. The van der Waals surface area contributed by atoms with E-state index in [0.29, 0.717) is 5.56 Å². The highest BCUT2D eigenvalue weighted by atomic mass is 16.6. The lowest BCUT2D eigenvalue weighted by atomic mass is 10.2. The molecule has 0 aliphatic carbocycles. The zero-order chi connectivity index (χ0) is 16.4. The predicted molar refractivity (Wildman–Crippen MR) is 91.3 cm³/mol. The van der Waals surface area contributed by atoms with Crippen molar-refractivity contribution in [1.82, 2.24) is 5.32 Å². The lowest BCUT2D eigenvalue weighted by molar-refractivity contribution is 0.0119. The van der Waals surface area contributed by atoms with Gasteiger partial charge in [-0.3, -0.25) is 0 Å². The molecule has 0 heterocycles. The van der Waals surface area contributed by atoms with Crippen LogP contribution in [0.25, 0.3) is 0 Å². The molecule has 0 bridgehead atoms. The Hall–Kier alpha value is -2.29. The standard InChI is InChI=1S/C19H25NO2/c1-5-16(6-2)11-10-14-20-18(15(3)4)22-19(21)17-12-8-7-9-13-17/h5,7-15,18,20H,1,6H2,2-4H3/b14-10-,16-11+. The van der Waals surface area contributed by atoms with Crippen LogP contribution in [-0.2, 0) is 4.74 Å². The lowest BCUT2D eigenvalue weighted by Gasteiger charge is -2.21. The maximum atomic E-state index is 12.1. The van der Waals surface area contributed by atoms with Gasteiger partial charge in [0.2, 0.25) is 0 Å². The summed E-state index contributed by atoms with van der Waals surface area (Å²) in [5.74, 6) is -0.164. The molecule has 0 aliphatic rings. The van der Waals surface area contributed by atoms with Crippen LogP contribution in [0.1, 0.15) is 37.6 Å². The van der Waals surface area contributed by atoms with Crippen LogP contribution in [0, 0.1) is 5.92 Å². The van der Waals surface area contributed by atoms with Gasteiger partial charge < -0.3 is 10.1 Å². The summed E-state index contributed by atoms with van der Waals surface area (Å²) < 4.78 is 5.52. The van der Waals surface area contributed by atoms with E-state index in [1.165, 1.54) is 0 Å². The highest BCUT2D eigenvalue weighted by molar-refractivity contribution is 5.89. The highest BCUT2D eigenvalue weighted by Crippen LogP contribution is 2.09. The Bertz CT molecular complexity index is 530. The first kappa shape index (κ1) is 17.8. The highest BCUT2D eigenvalue weighted by Gasteiger charge is 2.17. The van der Waals surface area contributed by atoms with Gasteiger partial charge in [-0.1, -0.05) is 57.7 Å². The van der Waals surface area contributed by atoms with Crippen molar-refractivity contribution in [3.63, 3.8) is 0 Å². The minimum atomic E-state index is -0.369. The molecule has 0 radical (unpaired) electrons. The molecule has 1 rings (SSSR count). The molecule has 1 aromatic rings. The van der Waals surface area contributed by atoms with Crippen molar-refractivity contribution in [2.24, 2.45) is 5.92 Å². The summed E-state index contributed by atoms with van der Waals surface area (Å²) in [4.78, 5) is 12.1. The third-order valence-electron chi connectivity index (χ3n) is 3.19. The number of esters is 1. The number of ether oxygens (including phenoxy) is 1. The zero-order valence-electron chi connectivity index (χ0n) is 13.6. The van der Waals surface area contributed by atoms with Gasteiger partial charge in [0.25, 0.3) is 0 Å². The number of benzene rings is 1. The smallest absolute Gasteiger partial charge is 0.340 e. The Kier molecular flexibility index (Phi) is 7.76. The first-order valence-corrected chi connectivity index (χ1v) is 7.58. The van der Waals surface area contributed by atoms with Crippen LogP contribution in [0.4, 0.5) is 0 Å². The van der Waals surface area contributed by atoms with Crippen LogP contribution in [0.5, 0.6) is 0 Å². The molecule has 1 N–H and O–H groups in total. The van der Waals surface area contributed by atoms with E-state index in [-0.39, 0.29) is 18.1 Å². The summed E-state index contributed by atoms with van der Waals surface area (Å²) in [6.07, 6.45) is 8.07. The van der Waals surface area contributed by atoms with E-state index in [1.807, 2.05) is 50.3 Å². The molecule has 0 spiro atoms. The predicted octanol–water partition coefficient (Wildman–Crippen LogP) is 4.45. The molecule has 3 heteroatoms. The molecule has 118 valence electrons. The minimum absolute atomic E-state index is 0.159. The summed E-state index contributed by atoms with van der Waals surface area (Å²) in [7, 11) is 0. The molecular formula is C19H25NO2. The molecule has 0 amide bonds. The van der Waals surface area contributed by atoms with E-state index in [9.17, 15) is 4.79 Å². The molecule has 22 heavy (non-hydrogen) atoms. The largest absolute Gasteiger partial charge is 0.438 e. The quantitative estimate of drug-likeness (QED) is 0.438. The fraction of sp³-hybridized carbons (Fsp3) is 0.316. The van der Waals surface area contributed by atoms with Crippen LogP contribution in [0.3, 0.4) is 0 Å². The number of carbonyl (C=O) groups is 1. The average molecular weight is 299 g/mol. The second kappa shape index (κ2) is 9.61. The number of allylic oxidation sites excluding steroid dienone is 4. The Morgan fingerprint density at radius 2 is 2.00 bits per heavy atom. The van der Waals surface area contributed by atoms with Crippen molar-refractivity contribution >= 4 is 5.97 Å². The summed E-state index contributed by atoms with van der Waals surface area (Å²) in [5, 5.41) is 3.12. The molecule has 3 nitrogen and oxygen atoms in total. The first-order chi connectivity index (χ1) is 10.6. The van der Waals surface area contributed by atoms with Crippen LogP contribution in [-0.4, -0.2) is 12.2 Å². The Labute approximate surface area is 133 Å².